The molecule has 1 aliphatic rings. The zero-order chi connectivity index (χ0) is 20.9. The molecule has 5 nitrogen and oxygen atoms in total. The summed E-state index contributed by atoms with van der Waals surface area (Å²) >= 11 is 0. The first-order valence-corrected chi connectivity index (χ1v) is 11.1. The molecule has 0 aliphatic heterocycles. The van der Waals surface area contributed by atoms with E-state index in [4.69, 9.17) is 14.5 Å². The topological polar surface area (TPSA) is 87.0 Å². The summed E-state index contributed by atoms with van der Waals surface area (Å²) in [5.74, 6) is -0.499. The van der Waals surface area contributed by atoms with Crippen molar-refractivity contribution in [2.75, 3.05) is 6.35 Å². The number of aryl methyl sites for hydroxylation is 2. The summed E-state index contributed by atoms with van der Waals surface area (Å²) in [6.07, 6.45) is 0.857. The number of halogens is 1. The fourth-order valence-electron chi connectivity index (χ4n) is 4.23. The molecule has 0 saturated heterocycles. The van der Waals surface area contributed by atoms with Gasteiger partial charge in [0, 0.05) is 5.41 Å². The number of ether oxygens (including phenoxy) is 1. The van der Waals surface area contributed by atoms with Crippen molar-refractivity contribution in [2.24, 2.45) is 0 Å². The third kappa shape index (κ3) is 3.82. The van der Waals surface area contributed by atoms with Gasteiger partial charge in [-0.25, -0.2) is 4.39 Å². The van der Waals surface area contributed by atoms with Crippen molar-refractivity contribution in [3.63, 3.8) is 0 Å². The van der Waals surface area contributed by atoms with Gasteiger partial charge in [-0.1, -0.05) is 26.8 Å². The van der Waals surface area contributed by atoms with Gasteiger partial charge in [0.05, 0.1) is 0 Å². The molecule has 1 aliphatic carbocycles. The van der Waals surface area contributed by atoms with Crippen LogP contribution in [-0.2, 0) is 16.4 Å². The molecule has 152 valence electrons. The molecule has 2 aromatic rings. The van der Waals surface area contributed by atoms with Crippen LogP contribution in [-0.4, -0.2) is 21.2 Å². The van der Waals surface area contributed by atoms with Crippen LogP contribution in [0.1, 0.15) is 60.9 Å². The Balaban J connectivity index is 2.05. The van der Waals surface area contributed by atoms with Crippen LogP contribution in [0, 0.1) is 12.7 Å². The molecular weight excluding hydrogens is 382 g/mol. The molecule has 0 aromatic heterocycles. The minimum atomic E-state index is -4.25. The highest BCUT2D eigenvalue weighted by Crippen LogP contribution is 2.48. The van der Waals surface area contributed by atoms with E-state index < -0.39 is 25.2 Å². The first-order valence-electron chi connectivity index (χ1n) is 9.26. The Morgan fingerprint density at radius 2 is 1.93 bits per heavy atom. The van der Waals surface area contributed by atoms with Crippen molar-refractivity contribution in [1.82, 2.24) is 0 Å². The Morgan fingerprint density at radius 3 is 2.54 bits per heavy atom. The largest absolute Gasteiger partial charge is 0.505 e. The first-order chi connectivity index (χ1) is 12.9. The summed E-state index contributed by atoms with van der Waals surface area (Å²) in [7, 11) is -4.25. The highest BCUT2D eigenvalue weighted by molar-refractivity contribution is 7.51. The lowest BCUT2D eigenvalue weighted by Gasteiger charge is -2.29. The van der Waals surface area contributed by atoms with Crippen molar-refractivity contribution < 1.29 is 28.6 Å². The fourth-order valence-corrected chi connectivity index (χ4v) is 4.55. The molecule has 2 aromatic carbocycles. The van der Waals surface area contributed by atoms with Gasteiger partial charge in [0.15, 0.2) is 17.9 Å². The molecule has 0 bridgehead atoms. The normalized spacial score (nSPS) is 19.1. The summed E-state index contributed by atoms with van der Waals surface area (Å²) in [5, 5.41) is 10.1. The zero-order valence-corrected chi connectivity index (χ0v) is 17.4. The lowest BCUT2D eigenvalue weighted by atomic mass is 9.74. The number of benzene rings is 2. The summed E-state index contributed by atoms with van der Waals surface area (Å²) < 4.78 is 30.8. The second-order valence-electron chi connectivity index (χ2n) is 8.10. The molecule has 1 atom stereocenters. The van der Waals surface area contributed by atoms with Gasteiger partial charge in [0.25, 0.3) is 0 Å². The molecule has 0 radical (unpaired) electrons. The summed E-state index contributed by atoms with van der Waals surface area (Å²) in [6, 6.07) is 6.87. The smallest absolute Gasteiger partial charge is 0.362 e. The molecule has 3 N–H and O–H groups in total. The van der Waals surface area contributed by atoms with Crippen LogP contribution in [0.4, 0.5) is 4.39 Å². The SMILES string of the molecule is Cc1cc(OCP(=O)(O)O)cc2c1C(C)(c1cc(F)c(O)c(C(C)C)c1)CC2. The van der Waals surface area contributed by atoms with Crippen LogP contribution in [0.25, 0.3) is 0 Å². The van der Waals surface area contributed by atoms with Crippen LogP contribution in [0.15, 0.2) is 24.3 Å². The number of fused-ring (bicyclic) bond motifs is 1. The van der Waals surface area contributed by atoms with Crippen LogP contribution < -0.4 is 4.74 Å². The fraction of sp³-hybridized carbons (Fsp3) is 0.429. The molecule has 0 fully saturated rings. The molecule has 0 saturated carbocycles. The van der Waals surface area contributed by atoms with E-state index in [-0.39, 0.29) is 11.7 Å². The van der Waals surface area contributed by atoms with Crippen molar-refractivity contribution in [1.29, 1.82) is 0 Å². The number of hydrogen-bond acceptors (Lipinski definition) is 3. The van der Waals surface area contributed by atoms with Gasteiger partial charge in [-0.3, -0.25) is 4.57 Å². The van der Waals surface area contributed by atoms with Crippen LogP contribution >= 0.6 is 7.60 Å². The summed E-state index contributed by atoms with van der Waals surface area (Å²) in [4.78, 5) is 18.0. The van der Waals surface area contributed by atoms with Gasteiger partial charge < -0.3 is 19.6 Å². The van der Waals surface area contributed by atoms with Crippen LogP contribution in [0.3, 0.4) is 0 Å². The maximum Gasteiger partial charge on any atom is 0.362 e. The number of phenolic OH excluding ortho intramolecular Hbond substituents is 1. The van der Waals surface area contributed by atoms with E-state index in [1.165, 1.54) is 6.07 Å². The van der Waals surface area contributed by atoms with E-state index in [0.717, 1.165) is 35.1 Å². The van der Waals surface area contributed by atoms with E-state index in [0.29, 0.717) is 11.3 Å². The lowest BCUT2D eigenvalue weighted by molar-refractivity contribution is 0.300. The second kappa shape index (κ2) is 7.18. The Hall–Kier alpha value is -1.88. The van der Waals surface area contributed by atoms with Gasteiger partial charge in [0.2, 0.25) is 0 Å². The number of rotatable bonds is 5. The Kier molecular flexibility index (Phi) is 5.34. The predicted octanol–water partition coefficient (Wildman–Crippen LogP) is 4.73. The molecule has 0 heterocycles. The van der Waals surface area contributed by atoms with Gasteiger partial charge in [-0.15, -0.1) is 0 Å². The van der Waals surface area contributed by atoms with Crippen molar-refractivity contribution in [3.05, 3.63) is 57.9 Å². The van der Waals surface area contributed by atoms with Crippen LogP contribution in [0.5, 0.6) is 11.5 Å². The van der Waals surface area contributed by atoms with E-state index in [2.05, 4.69) is 6.92 Å². The van der Waals surface area contributed by atoms with Crippen molar-refractivity contribution in [2.45, 2.75) is 51.9 Å². The Bertz CT molecular complexity index is 966. The first kappa shape index (κ1) is 20.8. The number of phenols is 1. The summed E-state index contributed by atoms with van der Waals surface area (Å²) in [5.41, 5.74) is 4.02. The maximum absolute atomic E-state index is 14.4. The Labute approximate surface area is 164 Å². The number of aromatic hydroxyl groups is 1. The molecular formula is C21H26FO5P. The minimum absolute atomic E-state index is 0.0107. The van der Waals surface area contributed by atoms with Crippen LogP contribution in [0.2, 0.25) is 0 Å². The average Bonchev–Trinajstić information content (AvgIpc) is 2.93. The summed E-state index contributed by atoms with van der Waals surface area (Å²) in [6.45, 7) is 7.82. The minimum Gasteiger partial charge on any atom is -0.505 e. The maximum atomic E-state index is 14.4. The third-order valence-corrected chi connectivity index (χ3v) is 6.05. The lowest BCUT2D eigenvalue weighted by Crippen LogP contribution is -2.22. The van der Waals surface area contributed by atoms with Crippen molar-refractivity contribution in [3.8, 4) is 11.5 Å². The van der Waals surface area contributed by atoms with E-state index >= 15 is 0 Å². The van der Waals surface area contributed by atoms with Gasteiger partial charge in [0.1, 0.15) is 5.75 Å². The third-order valence-electron chi connectivity index (χ3n) is 5.59. The van der Waals surface area contributed by atoms with Gasteiger partial charge in [-0.2, -0.15) is 0 Å². The van der Waals surface area contributed by atoms with E-state index in [1.807, 2.05) is 32.9 Å². The standard InChI is InChI=1S/C21H26FO5P/c1-12(2)17-9-15(10-18(22)20(17)23)21(4)6-5-14-8-16(7-13(3)19(14)21)27-11-28(24,25)26/h7-10,12,23H,5-6,11H2,1-4H3,(H2,24,25,26). The zero-order valence-electron chi connectivity index (χ0n) is 16.5. The molecule has 3 rings (SSSR count). The molecule has 0 spiro atoms. The highest BCUT2D eigenvalue weighted by atomic mass is 31.2. The highest BCUT2D eigenvalue weighted by Gasteiger charge is 2.38. The van der Waals surface area contributed by atoms with Crippen molar-refractivity contribution >= 4 is 7.60 Å². The monoisotopic (exact) mass is 408 g/mol. The van der Waals surface area contributed by atoms with E-state index in [1.54, 1.807) is 6.07 Å². The average molecular weight is 408 g/mol. The van der Waals surface area contributed by atoms with Gasteiger partial charge >= 0.3 is 7.60 Å². The Morgan fingerprint density at radius 1 is 1.25 bits per heavy atom. The quantitative estimate of drug-likeness (QED) is 0.623. The van der Waals surface area contributed by atoms with E-state index in [9.17, 15) is 14.1 Å². The molecule has 7 heteroatoms. The second-order valence-corrected chi connectivity index (χ2v) is 9.68. The molecule has 1 unspecified atom stereocenters. The predicted molar refractivity (Wildman–Crippen MR) is 106 cm³/mol. The molecule has 28 heavy (non-hydrogen) atoms. The number of hydrogen-bond donors (Lipinski definition) is 3. The molecule has 0 amide bonds. The van der Waals surface area contributed by atoms with Gasteiger partial charge in [-0.05, 0) is 71.7 Å².